The van der Waals surface area contributed by atoms with Gasteiger partial charge in [0.15, 0.2) is 0 Å². The minimum absolute atomic E-state index is 0.202. The van der Waals surface area contributed by atoms with E-state index in [0.717, 1.165) is 33.9 Å². The normalized spacial score (nSPS) is 11.8. The van der Waals surface area contributed by atoms with Gasteiger partial charge in [0.2, 0.25) is 5.95 Å². The van der Waals surface area contributed by atoms with Gasteiger partial charge < -0.3 is 5.32 Å². The van der Waals surface area contributed by atoms with E-state index in [1.165, 1.54) is 0 Å². The molecule has 0 aliphatic carbocycles. The van der Waals surface area contributed by atoms with E-state index in [-0.39, 0.29) is 18.7 Å². The molecule has 0 radical (unpaired) electrons. The van der Waals surface area contributed by atoms with Crippen molar-refractivity contribution in [3.63, 3.8) is 0 Å². The lowest BCUT2D eigenvalue weighted by Crippen LogP contribution is -2.14. The fourth-order valence-electron chi connectivity index (χ4n) is 4.11. The van der Waals surface area contributed by atoms with Crippen molar-refractivity contribution in [1.82, 2.24) is 15.0 Å². The monoisotopic (exact) mass is 606 g/mol. The molecular formula is C32H30N8O3S. The van der Waals surface area contributed by atoms with Gasteiger partial charge in [-0.2, -0.15) is 38.8 Å². The number of nitrogens with one attached hydrogen (secondary N) is 1. The van der Waals surface area contributed by atoms with Crippen LogP contribution < -0.4 is 5.32 Å². The Balaban J connectivity index is 1.29. The number of rotatable bonds is 13. The first-order valence-corrected chi connectivity index (χ1v) is 15.5. The Labute approximate surface area is 255 Å². The van der Waals surface area contributed by atoms with Crippen molar-refractivity contribution in [3.8, 4) is 0 Å². The highest BCUT2D eigenvalue weighted by Crippen LogP contribution is 2.21. The Morgan fingerprint density at radius 3 is 1.39 bits per heavy atom. The largest absolute Gasteiger partial charge is 0.354 e. The summed E-state index contributed by atoms with van der Waals surface area (Å²) in [6.07, 6.45) is 1.10. The van der Waals surface area contributed by atoms with E-state index in [2.05, 4.69) is 35.7 Å². The lowest BCUT2D eigenvalue weighted by atomic mass is 10.1. The highest BCUT2D eigenvalue weighted by Gasteiger charge is 2.10. The van der Waals surface area contributed by atoms with E-state index in [0.29, 0.717) is 30.4 Å². The molecule has 11 nitrogen and oxygen atoms in total. The summed E-state index contributed by atoms with van der Waals surface area (Å²) in [5.74, 6) is 1.09. The van der Waals surface area contributed by atoms with Crippen LogP contribution in [0.25, 0.3) is 0 Å². The first-order chi connectivity index (χ1) is 21.4. The summed E-state index contributed by atoms with van der Waals surface area (Å²) in [7, 11) is -4.05. The summed E-state index contributed by atoms with van der Waals surface area (Å²) < 4.78 is 31.2. The SMILES string of the molecule is O=S(=O)(O)CCCNc1nc(Cc2ccc(N=Nc3ccccc3)cc2)nc(Cc2ccc(N=Nc3ccccc3)cc2)n1. The molecule has 1 heterocycles. The zero-order valence-corrected chi connectivity index (χ0v) is 24.5. The molecule has 4 aromatic carbocycles. The van der Waals surface area contributed by atoms with Gasteiger partial charge in [0.1, 0.15) is 11.6 Å². The highest BCUT2D eigenvalue weighted by atomic mass is 32.2. The second-order valence-corrected chi connectivity index (χ2v) is 11.4. The van der Waals surface area contributed by atoms with Crippen molar-refractivity contribution in [1.29, 1.82) is 0 Å². The van der Waals surface area contributed by atoms with Gasteiger partial charge in [-0.1, -0.05) is 60.7 Å². The van der Waals surface area contributed by atoms with Crippen LogP contribution in [0.3, 0.4) is 0 Å². The van der Waals surface area contributed by atoms with Crippen LogP contribution in [-0.2, 0) is 23.0 Å². The first kappa shape index (κ1) is 30.3. The molecule has 0 saturated carbocycles. The van der Waals surface area contributed by atoms with E-state index < -0.39 is 10.1 Å². The molecule has 1 aromatic heterocycles. The molecule has 44 heavy (non-hydrogen) atoms. The molecule has 222 valence electrons. The maximum Gasteiger partial charge on any atom is 0.264 e. The maximum absolute atomic E-state index is 11.1. The molecule has 5 aromatic rings. The predicted molar refractivity (Wildman–Crippen MR) is 169 cm³/mol. The van der Waals surface area contributed by atoms with E-state index in [1.807, 2.05) is 109 Å². The Hall–Kier alpha value is -5.20. The molecule has 5 rings (SSSR count). The van der Waals surface area contributed by atoms with Gasteiger partial charge in [0.05, 0.1) is 28.5 Å². The summed E-state index contributed by atoms with van der Waals surface area (Å²) >= 11 is 0. The van der Waals surface area contributed by atoms with Crippen molar-refractivity contribution < 1.29 is 13.0 Å². The molecule has 2 N–H and O–H groups in total. The zero-order valence-electron chi connectivity index (χ0n) is 23.7. The predicted octanol–water partition coefficient (Wildman–Crippen LogP) is 7.57. The molecular weight excluding hydrogens is 576 g/mol. The van der Waals surface area contributed by atoms with Crippen LogP contribution in [0.2, 0.25) is 0 Å². The number of anilines is 1. The standard InChI is InChI=1S/C32H30N8O3S/c41-44(42,43)21-7-20-33-32-35-30(22-24-12-16-28(17-13-24)39-37-26-8-3-1-4-9-26)34-31(36-32)23-25-14-18-29(19-15-25)40-38-27-10-5-2-6-11-27/h1-6,8-19H,7,20-23H2,(H,41,42,43)(H,33,34,35,36). The molecule has 0 aliphatic rings. The highest BCUT2D eigenvalue weighted by molar-refractivity contribution is 7.85. The van der Waals surface area contributed by atoms with Crippen LogP contribution in [0.5, 0.6) is 0 Å². The average molecular weight is 607 g/mol. The van der Waals surface area contributed by atoms with Gasteiger partial charge in [-0.05, 0) is 66.1 Å². The summed E-state index contributed by atoms with van der Waals surface area (Å²) in [5.41, 5.74) is 4.95. The lowest BCUT2D eigenvalue weighted by molar-refractivity contribution is 0.481. The van der Waals surface area contributed by atoms with E-state index >= 15 is 0 Å². The van der Waals surface area contributed by atoms with Crippen molar-refractivity contribution in [3.05, 3.63) is 132 Å². The maximum atomic E-state index is 11.1. The van der Waals surface area contributed by atoms with Crippen LogP contribution in [0.1, 0.15) is 29.2 Å². The lowest BCUT2D eigenvalue weighted by Gasteiger charge is -2.10. The molecule has 0 unspecified atom stereocenters. The van der Waals surface area contributed by atoms with Gasteiger partial charge >= 0.3 is 0 Å². The third kappa shape index (κ3) is 9.96. The number of nitrogens with zero attached hydrogens (tertiary/aromatic N) is 7. The minimum atomic E-state index is -4.05. The summed E-state index contributed by atoms with van der Waals surface area (Å²) in [6, 6.07) is 34.4. The van der Waals surface area contributed by atoms with Gasteiger partial charge in [0.25, 0.3) is 10.1 Å². The number of azo groups is 2. The van der Waals surface area contributed by atoms with Crippen LogP contribution in [0.15, 0.2) is 130 Å². The average Bonchev–Trinajstić information content (AvgIpc) is 3.03. The Bertz CT molecular complexity index is 1700. The fourth-order valence-corrected chi connectivity index (χ4v) is 4.62. The molecule has 0 aliphatic heterocycles. The molecule has 0 spiro atoms. The van der Waals surface area contributed by atoms with E-state index in [4.69, 9.17) is 9.54 Å². The van der Waals surface area contributed by atoms with Gasteiger partial charge in [-0.15, -0.1) is 0 Å². The van der Waals surface area contributed by atoms with Crippen molar-refractivity contribution >= 4 is 38.8 Å². The Kier molecular flexibility index (Phi) is 10.2. The third-order valence-corrected chi connectivity index (χ3v) is 7.07. The fraction of sp³-hybridized carbons (Fsp3) is 0.156. The van der Waals surface area contributed by atoms with Crippen molar-refractivity contribution in [2.45, 2.75) is 19.3 Å². The van der Waals surface area contributed by atoms with Crippen LogP contribution in [0.4, 0.5) is 28.7 Å². The third-order valence-electron chi connectivity index (χ3n) is 6.26. The number of hydrogen-bond acceptors (Lipinski definition) is 10. The van der Waals surface area contributed by atoms with Crippen LogP contribution in [-0.4, -0.2) is 40.2 Å². The van der Waals surface area contributed by atoms with Crippen LogP contribution >= 0.6 is 0 Å². The van der Waals surface area contributed by atoms with Crippen molar-refractivity contribution in [2.24, 2.45) is 20.5 Å². The van der Waals surface area contributed by atoms with Gasteiger partial charge in [-0.3, -0.25) is 4.55 Å². The van der Waals surface area contributed by atoms with Gasteiger partial charge in [-0.25, -0.2) is 4.98 Å². The van der Waals surface area contributed by atoms with E-state index in [1.54, 1.807) is 0 Å². The first-order valence-electron chi connectivity index (χ1n) is 13.9. The van der Waals surface area contributed by atoms with E-state index in [9.17, 15) is 8.42 Å². The summed E-state index contributed by atoms with van der Waals surface area (Å²) in [5, 5.41) is 20.2. The molecule has 0 bridgehead atoms. The van der Waals surface area contributed by atoms with Crippen molar-refractivity contribution in [2.75, 3.05) is 17.6 Å². The molecule has 0 fully saturated rings. The Morgan fingerprint density at radius 2 is 0.977 bits per heavy atom. The van der Waals surface area contributed by atoms with Crippen LogP contribution in [0, 0.1) is 0 Å². The molecule has 0 atom stereocenters. The minimum Gasteiger partial charge on any atom is -0.354 e. The molecule has 12 heteroatoms. The smallest absolute Gasteiger partial charge is 0.264 e. The number of hydrogen-bond donors (Lipinski definition) is 2. The molecule has 0 amide bonds. The number of aromatic nitrogens is 3. The quantitative estimate of drug-likeness (QED) is 0.0795. The molecule has 0 saturated heterocycles. The summed E-state index contributed by atoms with van der Waals surface area (Å²) in [4.78, 5) is 13.8. The summed E-state index contributed by atoms with van der Waals surface area (Å²) in [6.45, 7) is 0.269. The number of benzene rings is 4. The zero-order chi connectivity index (χ0) is 30.6. The van der Waals surface area contributed by atoms with Gasteiger partial charge in [0, 0.05) is 19.4 Å². The second kappa shape index (κ2) is 14.8. The second-order valence-electron chi connectivity index (χ2n) is 9.82. The Morgan fingerprint density at radius 1 is 0.568 bits per heavy atom. The topological polar surface area (TPSA) is 155 Å².